The maximum Gasteiger partial charge on any atom is 0.0192 e. The van der Waals surface area contributed by atoms with Gasteiger partial charge in [-0.2, -0.15) is 0 Å². The van der Waals surface area contributed by atoms with Gasteiger partial charge in [0, 0.05) is 24.7 Å². The number of likely N-dealkylation sites (N-methyl/N-ethyl adjacent to an activating group) is 1. The summed E-state index contributed by atoms with van der Waals surface area (Å²) in [7, 11) is 2.27. The molecule has 1 fully saturated rings. The van der Waals surface area contributed by atoms with E-state index in [1.807, 2.05) is 0 Å². The molecule has 1 aliphatic carbocycles. The lowest BCUT2D eigenvalue weighted by atomic mass is 10.1. The third-order valence-electron chi connectivity index (χ3n) is 3.92. The molecule has 2 nitrogen and oxygen atoms in total. The molecular formula is C14H30N2. The lowest BCUT2D eigenvalue weighted by Gasteiger charge is -2.27. The zero-order valence-electron chi connectivity index (χ0n) is 11.6. The Hall–Kier alpha value is -0.0800. The lowest BCUT2D eigenvalue weighted by Crippen LogP contribution is -2.42. The summed E-state index contributed by atoms with van der Waals surface area (Å²) in [5.41, 5.74) is 0. The molecule has 0 aromatic carbocycles. The van der Waals surface area contributed by atoms with Gasteiger partial charge >= 0.3 is 0 Å². The van der Waals surface area contributed by atoms with E-state index < -0.39 is 0 Å². The van der Waals surface area contributed by atoms with Crippen LogP contribution in [0.3, 0.4) is 0 Å². The van der Waals surface area contributed by atoms with E-state index in [1.54, 1.807) is 0 Å². The highest BCUT2D eigenvalue weighted by Gasteiger charge is 2.28. The number of nitrogens with one attached hydrogen (secondary N) is 1. The topological polar surface area (TPSA) is 15.3 Å². The fourth-order valence-corrected chi connectivity index (χ4v) is 2.22. The van der Waals surface area contributed by atoms with E-state index in [0.29, 0.717) is 6.04 Å². The highest BCUT2D eigenvalue weighted by molar-refractivity contribution is 4.86. The van der Waals surface area contributed by atoms with Gasteiger partial charge in [0.05, 0.1) is 0 Å². The van der Waals surface area contributed by atoms with E-state index in [4.69, 9.17) is 0 Å². The Bertz CT molecular complexity index is 178. The summed E-state index contributed by atoms with van der Waals surface area (Å²) < 4.78 is 0. The summed E-state index contributed by atoms with van der Waals surface area (Å²) in [6.07, 6.45) is 8.10. The smallest absolute Gasteiger partial charge is 0.0192 e. The van der Waals surface area contributed by atoms with Crippen molar-refractivity contribution >= 4 is 0 Å². The van der Waals surface area contributed by atoms with Crippen molar-refractivity contribution < 1.29 is 0 Å². The molecule has 0 saturated heterocycles. The second kappa shape index (κ2) is 7.29. The molecule has 1 N–H and O–H groups in total. The van der Waals surface area contributed by atoms with Crippen molar-refractivity contribution in [3.63, 3.8) is 0 Å². The Balaban J connectivity index is 2.14. The molecule has 0 aliphatic heterocycles. The lowest BCUT2D eigenvalue weighted by molar-refractivity contribution is 0.233. The molecule has 2 unspecified atom stereocenters. The molecule has 2 atom stereocenters. The normalized spacial score (nSPS) is 20.1. The highest BCUT2D eigenvalue weighted by atomic mass is 15.2. The number of hydrogen-bond donors (Lipinski definition) is 1. The Labute approximate surface area is 102 Å². The number of hydrogen-bond acceptors (Lipinski definition) is 2. The van der Waals surface area contributed by atoms with E-state index in [-0.39, 0.29) is 0 Å². The number of unbranched alkanes of at least 4 members (excludes halogenated alkanes) is 1. The van der Waals surface area contributed by atoms with Crippen molar-refractivity contribution in [2.45, 2.75) is 77.4 Å². The van der Waals surface area contributed by atoms with Crippen LogP contribution in [-0.4, -0.2) is 36.6 Å². The molecule has 2 heteroatoms. The van der Waals surface area contributed by atoms with Crippen LogP contribution in [0.15, 0.2) is 0 Å². The van der Waals surface area contributed by atoms with Crippen LogP contribution in [0.1, 0.15) is 59.3 Å². The van der Waals surface area contributed by atoms with Crippen LogP contribution in [0.4, 0.5) is 0 Å². The Morgan fingerprint density at radius 2 is 2.00 bits per heavy atom. The van der Waals surface area contributed by atoms with Gasteiger partial charge in [-0.25, -0.2) is 0 Å². The van der Waals surface area contributed by atoms with Crippen molar-refractivity contribution in [2.75, 3.05) is 13.6 Å². The van der Waals surface area contributed by atoms with Gasteiger partial charge in [-0.3, -0.25) is 4.90 Å². The maximum atomic E-state index is 3.73. The van der Waals surface area contributed by atoms with Gasteiger partial charge in [0.25, 0.3) is 0 Å². The van der Waals surface area contributed by atoms with Gasteiger partial charge in [-0.05, 0) is 39.7 Å². The zero-order valence-corrected chi connectivity index (χ0v) is 11.6. The molecule has 0 bridgehead atoms. The van der Waals surface area contributed by atoms with Gasteiger partial charge in [0.2, 0.25) is 0 Å². The average Bonchev–Trinajstić information content (AvgIpc) is 3.12. The first-order valence-corrected chi connectivity index (χ1v) is 7.14. The predicted molar refractivity (Wildman–Crippen MR) is 71.9 cm³/mol. The number of rotatable bonds is 9. The summed E-state index contributed by atoms with van der Waals surface area (Å²) in [5.74, 6) is 0. The summed E-state index contributed by atoms with van der Waals surface area (Å²) in [5, 5.41) is 3.73. The molecule has 0 aromatic rings. The molecule has 96 valence electrons. The Morgan fingerprint density at radius 3 is 2.50 bits per heavy atom. The van der Waals surface area contributed by atoms with Crippen LogP contribution in [0, 0.1) is 0 Å². The third-order valence-corrected chi connectivity index (χ3v) is 3.92. The van der Waals surface area contributed by atoms with Crippen molar-refractivity contribution in [1.82, 2.24) is 10.2 Å². The molecule has 0 radical (unpaired) electrons. The monoisotopic (exact) mass is 226 g/mol. The molecular weight excluding hydrogens is 196 g/mol. The van der Waals surface area contributed by atoms with Crippen molar-refractivity contribution in [1.29, 1.82) is 0 Å². The summed E-state index contributed by atoms with van der Waals surface area (Å²) in [6, 6.07) is 2.30. The molecule has 1 aliphatic rings. The fraction of sp³-hybridized carbons (Fsp3) is 1.00. The van der Waals surface area contributed by atoms with Crippen molar-refractivity contribution in [2.24, 2.45) is 0 Å². The second-order valence-electron chi connectivity index (χ2n) is 5.40. The molecule has 0 heterocycles. The molecule has 0 amide bonds. The minimum atomic E-state index is 0.683. The quantitative estimate of drug-likeness (QED) is 0.650. The summed E-state index contributed by atoms with van der Waals surface area (Å²) in [4.78, 5) is 2.54. The van der Waals surface area contributed by atoms with E-state index in [0.717, 1.165) is 18.6 Å². The molecule has 1 rings (SSSR count). The highest BCUT2D eigenvalue weighted by Crippen LogP contribution is 2.26. The molecule has 1 saturated carbocycles. The second-order valence-corrected chi connectivity index (χ2v) is 5.40. The minimum Gasteiger partial charge on any atom is -0.312 e. The van der Waals surface area contributed by atoms with Crippen LogP contribution in [0.2, 0.25) is 0 Å². The summed E-state index contributed by atoms with van der Waals surface area (Å²) in [6.45, 7) is 8.06. The van der Waals surface area contributed by atoms with Gasteiger partial charge in [-0.1, -0.05) is 26.7 Å². The van der Waals surface area contributed by atoms with Gasteiger partial charge in [0.1, 0.15) is 0 Å². The Morgan fingerprint density at radius 1 is 1.31 bits per heavy atom. The molecule has 0 aromatic heterocycles. The van der Waals surface area contributed by atoms with Crippen LogP contribution in [0.25, 0.3) is 0 Å². The third kappa shape index (κ3) is 4.84. The molecule has 16 heavy (non-hydrogen) atoms. The maximum absolute atomic E-state index is 3.73. The van der Waals surface area contributed by atoms with Crippen LogP contribution < -0.4 is 5.32 Å². The largest absolute Gasteiger partial charge is 0.312 e. The van der Waals surface area contributed by atoms with Crippen LogP contribution in [-0.2, 0) is 0 Å². The van der Waals surface area contributed by atoms with Crippen LogP contribution in [0.5, 0.6) is 0 Å². The Kier molecular flexibility index (Phi) is 6.37. The van der Waals surface area contributed by atoms with E-state index in [2.05, 4.69) is 38.0 Å². The van der Waals surface area contributed by atoms with Gasteiger partial charge in [-0.15, -0.1) is 0 Å². The fourth-order valence-electron chi connectivity index (χ4n) is 2.22. The summed E-state index contributed by atoms with van der Waals surface area (Å²) >= 11 is 0. The minimum absolute atomic E-state index is 0.683. The predicted octanol–water partition coefficient (Wildman–Crippen LogP) is 3.03. The SMILES string of the molecule is CCCCC(CC)NCC(C)N(C)C1CC1. The first-order chi connectivity index (χ1) is 7.69. The van der Waals surface area contributed by atoms with Gasteiger partial charge in [0.15, 0.2) is 0 Å². The van der Waals surface area contributed by atoms with E-state index in [9.17, 15) is 0 Å². The molecule has 0 spiro atoms. The van der Waals surface area contributed by atoms with Crippen molar-refractivity contribution in [3.8, 4) is 0 Å². The number of nitrogens with zero attached hydrogens (tertiary/aromatic N) is 1. The van der Waals surface area contributed by atoms with Crippen LogP contribution >= 0.6 is 0 Å². The standard InChI is InChI=1S/C14H30N2/c1-5-7-8-13(6-2)15-11-12(3)16(4)14-9-10-14/h12-15H,5-11H2,1-4H3. The van der Waals surface area contributed by atoms with E-state index in [1.165, 1.54) is 38.5 Å². The first kappa shape index (κ1) is 14.0. The average molecular weight is 226 g/mol. The first-order valence-electron chi connectivity index (χ1n) is 7.14. The van der Waals surface area contributed by atoms with Gasteiger partial charge < -0.3 is 5.32 Å². The zero-order chi connectivity index (χ0) is 12.0. The van der Waals surface area contributed by atoms with Crippen molar-refractivity contribution in [3.05, 3.63) is 0 Å². The van der Waals surface area contributed by atoms with E-state index >= 15 is 0 Å².